The Balaban J connectivity index is -0.00000000667. The molecule has 4 heavy (non-hydrogen) atoms. The fourth-order valence-electron chi connectivity index (χ4n) is 0. The Hall–Kier alpha value is 0.366. The molecule has 0 spiro atoms. The molecule has 0 aliphatic heterocycles. The number of hydrogen-bond donors (Lipinski definition) is 0. The van der Waals surface area contributed by atoms with Crippen molar-refractivity contribution in [3.63, 3.8) is 0 Å². The second-order valence-electron chi connectivity index (χ2n) is 0.0891. The van der Waals surface area contributed by atoms with Gasteiger partial charge in [-0.2, -0.15) is 4.39 Å². The van der Waals surface area contributed by atoms with Crippen molar-refractivity contribution in [3.8, 4) is 0 Å². The fourth-order valence-corrected chi connectivity index (χ4v) is 0. The maximum atomic E-state index is 9.61. The molecule has 0 saturated heterocycles. The van der Waals surface area contributed by atoms with Gasteiger partial charge in [-0.25, -0.2) is 0 Å². The molecule has 0 radical (unpaired) electrons. The van der Waals surface area contributed by atoms with Gasteiger partial charge in [0.05, 0.1) is 0 Å². The summed E-state index contributed by atoms with van der Waals surface area (Å²) in [5, 5.41) is 0. The van der Waals surface area contributed by atoms with Gasteiger partial charge < -0.3 is 2.85 Å². The van der Waals surface area contributed by atoms with E-state index in [4.69, 9.17) is 4.79 Å². The Kier molecular flexibility index (Phi) is 22.3. The minimum Gasteiger partial charge on any atom is -1.00 e. The molecule has 0 saturated carbocycles. The van der Waals surface area contributed by atoms with E-state index < -0.39 is 6.54 Å². The Bertz CT molecular complexity index is 21.0. The fraction of sp³-hybridized carbons (Fsp3) is 0. The van der Waals surface area contributed by atoms with Gasteiger partial charge in [-0.05, 0) is 0 Å². The first-order chi connectivity index (χ1) is 1.41. The van der Waals surface area contributed by atoms with Gasteiger partial charge in [0.2, 0.25) is 0 Å². The predicted octanol–water partition coefficient (Wildman–Crippen LogP) is -0.00970. The van der Waals surface area contributed by atoms with E-state index in [0.717, 1.165) is 0 Å². The largest absolute Gasteiger partial charge is 2.00 e. The van der Waals surface area contributed by atoms with Crippen LogP contribution in [0.2, 0.25) is 0 Å². The zero-order valence-corrected chi connectivity index (χ0v) is 3.48. The SMILES string of the molecule is O=CF.[H-].[H-].[Mg+2]. The topological polar surface area (TPSA) is 17.1 Å². The molecular weight excluding hydrogens is 71.3 g/mol. The second kappa shape index (κ2) is 10.1. The summed E-state index contributed by atoms with van der Waals surface area (Å²) in [6, 6.07) is 0. The van der Waals surface area contributed by atoms with Crippen LogP contribution < -0.4 is 0 Å². The van der Waals surface area contributed by atoms with E-state index in [-0.39, 0.29) is 25.9 Å². The van der Waals surface area contributed by atoms with Crippen molar-refractivity contribution in [2.75, 3.05) is 0 Å². The van der Waals surface area contributed by atoms with Crippen molar-refractivity contribution in [3.05, 3.63) is 0 Å². The van der Waals surface area contributed by atoms with Crippen LogP contribution in [0.4, 0.5) is 4.39 Å². The first-order valence-electron chi connectivity index (χ1n) is 0.454. The number of carbonyl (C=O) groups excluding carboxylic acids is 1. The summed E-state index contributed by atoms with van der Waals surface area (Å²) in [7, 11) is 0. The van der Waals surface area contributed by atoms with Crippen LogP contribution in [0.3, 0.4) is 0 Å². The van der Waals surface area contributed by atoms with Crippen molar-refractivity contribution in [1.82, 2.24) is 0 Å². The van der Waals surface area contributed by atoms with E-state index in [1.165, 1.54) is 0 Å². The van der Waals surface area contributed by atoms with Crippen molar-refractivity contribution in [2.24, 2.45) is 0 Å². The normalized spacial score (nSPS) is 3.25. The molecule has 0 bridgehead atoms. The van der Waals surface area contributed by atoms with E-state index in [0.29, 0.717) is 0 Å². The maximum absolute atomic E-state index is 9.61. The molecule has 0 aromatic rings. The molecular formula is CH3FMgO. The summed E-state index contributed by atoms with van der Waals surface area (Å²) in [5.74, 6) is 0. The zero-order chi connectivity index (χ0) is 2.71. The number of rotatable bonds is 0. The molecule has 0 N–H and O–H groups in total. The average molecular weight is 74.3 g/mol. The van der Waals surface area contributed by atoms with E-state index in [9.17, 15) is 4.39 Å². The standard InChI is InChI=1S/CHFO.Mg.2H/c2-1-3;;;/h1H;;;/q;+2;2*-1. The molecule has 1 nitrogen and oxygen atoms in total. The van der Waals surface area contributed by atoms with Crippen LogP contribution in [0.1, 0.15) is 2.85 Å². The van der Waals surface area contributed by atoms with Crippen LogP contribution in [-0.2, 0) is 4.79 Å². The summed E-state index contributed by atoms with van der Waals surface area (Å²) >= 11 is 0. The summed E-state index contributed by atoms with van der Waals surface area (Å²) in [6.45, 7) is -0.750. The Morgan fingerprint density at radius 3 is 2.00 bits per heavy atom. The molecule has 0 fully saturated rings. The molecule has 0 atom stereocenters. The molecule has 0 heterocycles. The third kappa shape index (κ3) is 32.9. The van der Waals surface area contributed by atoms with Gasteiger partial charge in [0.1, 0.15) is 0 Å². The quantitative estimate of drug-likeness (QED) is 0.224. The van der Waals surface area contributed by atoms with Gasteiger partial charge >= 0.3 is 23.1 Å². The monoisotopic (exact) mass is 74.0 g/mol. The molecule has 0 unspecified atom stereocenters. The minimum atomic E-state index is -0.750. The molecule has 3 heteroatoms. The summed E-state index contributed by atoms with van der Waals surface area (Å²) < 4.78 is 9.61. The summed E-state index contributed by atoms with van der Waals surface area (Å²) in [4.78, 5) is 8.14. The Morgan fingerprint density at radius 2 is 2.00 bits per heavy atom. The summed E-state index contributed by atoms with van der Waals surface area (Å²) in [5.41, 5.74) is 0. The molecule has 0 aromatic heterocycles. The number of halogens is 1. The van der Waals surface area contributed by atoms with Crippen LogP contribution in [-0.4, -0.2) is 29.6 Å². The molecule has 0 amide bonds. The minimum absolute atomic E-state index is 0. The third-order valence-electron chi connectivity index (χ3n) is 0. The van der Waals surface area contributed by atoms with Crippen molar-refractivity contribution < 1.29 is 12.0 Å². The van der Waals surface area contributed by atoms with Gasteiger partial charge in [0.15, 0.2) is 0 Å². The molecule has 0 aromatic carbocycles. The van der Waals surface area contributed by atoms with Gasteiger partial charge in [-0.1, -0.05) is 0 Å². The first-order valence-corrected chi connectivity index (χ1v) is 0.454. The predicted molar refractivity (Wildman–Crippen MR) is 15.8 cm³/mol. The van der Waals surface area contributed by atoms with Crippen LogP contribution >= 0.6 is 0 Å². The van der Waals surface area contributed by atoms with Gasteiger partial charge in [-0.15, -0.1) is 0 Å². The van der Waals surface area contributed by atoms with Gasteiger partial charge in [0, 0.05) is 0 Å². The van der Waals surface area contributed by atoms with Crippen molar-refractivity contribution in [1.29, 1.82) is 0 Å². The molecule has 22 valence electrons. The van der Waals surface area contributed by atoms with E-state index >= 15 is 0 Å². The Morgan fingerprint density at radius 1 is 2.00 bits per heavy atom. The maximum Gasteiger partial charge on any atom is 2.00 e. The molecule has 0 aliphatic rings. The smallest absolute Gasteiger partial charge is 1.00 e. The zero-order valence-electron chi connectivity index (χ0n) is 4.07. The van der Waals surface area contributed by atoms with Crippen molar-refractivity contribution in [2.45, 2.75) is 0 Å². The average Bonchev–Trinajstić information content (AvgIpc) is 0.918. The van der Waals surface area contributed by atoms with Crippen molar-refractivity contribution >= 4 is 29.6 Å². The third-order valence-corrected chi connectivity index (χ3v) is 0. The van der Waals surface area contributed by atoms with E-state index in [1.807, 2.05) is 0 Å². The number of hydrogen-bond acceptors (Lipinski definition) is 1. The van der Waals surface area contributed by atoms with Crippen LogP contribution in [0, 0.1) is 0 Å². The van der Waals surface area contributed by atoms with E-state index in [1.54, 1.807) is 0 Å². The van der Waals surface area contributed by atoms with Gasteiger partial charge in [-0.3, -0.25) is 4.79 Å². The molecule has 0 aliphatic carbocycles. The summed E-state index contributed by atoms with van der Waals surface area (Å²) in [6.07, 6.45) is 0. The second-order valence-corrected chi connectivity index (χ2v) is 0.0891. The van der Waals surface area contributed by atoms with E-state index in [2.05, 4.69) is 0 Å². The Labute approximate surface area is 42.3 Å². The molecule has 0 rings (SSSR count). The van der Waals surface area contributed by atoms with Gasteiger partial charge in [0.25, 0.3) is 6.54 Å². The number of carbonyl (C=O) groups is 1. The van der Waals surface area contributed by atoms with Crippen LogP contribution in [0.15, 0.2) is 0 Å². The van der Waals surface area contributed by atoms with Crippen LogP contribution in [0.25, 0.3) is 0 Å². The first kappa shape index (κ1) is 8.84. The van der Waals surface area contributed by atoms with Crippen LogP contribution in [0.5, 0.6) is 0 Å².